The van der Waals surface area contributed by atoms with E-state index in [1.807, 2.05) is 13.8 Å². The van der Waals surface area contributed by atoms with Gasteiger partial charge in [-0.25, -0.2) is 0 Å². The van der Waals surface area contributed by atoms with E-state index >= 15 is 0 Å². The van der Waals surface area contributed by atoms with Crippen LogP contribution in [0.5, 0.6) is 0 Å². The van der Waals surface area contributed by atoms with Crippen LogP contribution in [0.15, 0.2) is 0 Å². The largest absolute Gasteiger partial charge is 0.373 e. The van der Waals surface area contributed by atoms with Gasteiger partial charge in [0, 0.05) is 13.0 Å². The third-order valence-corrected chi connectivity index (χ3v) is 2.93. The van der Waals surface area contributed by atoms with Gasteiger partial charge in [-0.15, -0.1) is 0 Å². The van der Waals surface area contributed by atoms with Crippen LogP contribution < -0.4 is 0 Å². The summed E-state index contributed by atoms with van der Waals surface area (Å²) >= 11 is 0. The van der Waals surface area contributed by atoms with Gasteiger partial charge in [0.25, 0.3) is 0 Å². The summed E-state index contributed by atoms with van der Waals surface area (Å²) < 4.78 is 5.31. The molecule has 0 spiro atoms. The van der Waals surface area contributed by atoms with E-state index in [4.69, 9.17) is 4.74 Å². The van der Waals surface area contributed by atoms with Gasteiger partial charge in [-0.05, 0) is 18.8 Å². The Bertz CT molecular complexity index is 169. The lowest BCUT2D eigenvalue weighted by atomic mass is 9.92. The minimum absolute atomic E-state index is 0.102. The molecule has 1 rings (SSSR count). The first-order valence-corrected chi connectivity index (χ1v) is 5.23. The zero-order valence-corrected chi connectivity index (χ0v) is 8.88. The normalized spacial score (nSPS) is 20.9. The van der Waals surface area contributed by atoms with E-state index in [0.717, 1.165) is 12.8 Å². The molecular weight excluding hydrogens is 164 g/mol. The summed E-state index contributed by atoms with van der Waals surface area (Å²) in [6, 6.07) is 0. The van der Waals surface area contributed by atoms with Gasteiger partial charge in [0.15, 0.2) is 5.78 Å². The quantitative estimate of drug-likeness (QED) is 0.670. The monoisotopic (exact) mass is 184 g/mol. The number of hydrogen-bond acceptors (Lipinski definition) is 2. The number of ketones is 1. The highest BCUT2D eigenvalue weighted by Crippen LogP contribution is 2.30. The maximum atomic E-state index is 11.7. The molecule has 1 aliphatic rings. The molecular formula is C11H20O2. The number of Topliss-reactive ketones (excluding diaryl/α,β-unsaturated/α-hetero) is 1. The van der Waals surface area contributed by atoms with Gasteiger partial charge < -0.3 is 4.74 Å². The van der Waals surface area contributed by atoms with E-state index < -0.39 is 0 Å². The van der Waals surface area contributed by atoms with Gasteiger partial charge in [0.1, 0.15) is 6.10 Å². The van der Waals surface area contributed by atoms with Crippen molar-refractivity contribution >= 4 is 5.78 Å². The van der Waals surface area contributed by atoms with E-state index in [1.165, 1.54) is 12.8 Å². The molecule has 2 heteroatoms. The zero-order valence-electron chi connectivity index (χ0n) is 8.88. The third-order valence-electron chi connectivity index (χ3n) is 2.93. The average Bonchev–Trinajstić information content (AvgIpc) is 2.58. The minimum atomic E-state index is -0.137. The first-order chi connectivity index (χ1) is 6.16. The molecule has 0 radical (unpaired) electrons. The molecule has 0 heterocycles. The summed E-state index contributed by atoms with van der Waals surface area (Å²) in [7, 11) is 1.66. The van der Waals surface area contributed by atoms with Gasteiger partial charge in [0.2, 0.25) is 0 Å². The first kappa shape index (κ1) is 10.7. The van der Waals surface area contributed by atoms with Crippen LogP contribution in [0.3, 0.4) is 0 Å². The van der Waals surface area contributed by atoms with Crippen LogP contribution >= 0.6 is 0 Å². The Labute approximate surface area is 80.7 Å². The number of ether oxygens (including phenoxy) is 1. The Kier molecular flexibility index (Phi) is 3.91. The summed E-state index contributed by atoms with van der Waals surface area (Å²) in [5.74, 6) is 0.861. The van der Waals surface area contributed by atoms with Crippen LogP contribution in [0.2, 0.25) is 0 Å². The van der Waals surface area contributed by atoms with Crippen molar-refractivity contribution in [2.45, 2.75) is 45.6 Å². The molecule has 76 valence electrons. The minimum Gasteiger partial charge on any atom is -0.373 e. The van der Waals surface area contributed by atoms with E-state index in [-0.39, 0.29) is 17.8 Å². The van der Waals surface area contributed by atoms with Crippen molar-refractivity contribution < 1.29 is 9.53 Å². The second-order valence-corrected chi connectivity index (χ2v) is 4.26. The maximum Gasteiger partial charge on any atom is 0.164 e. The fourth-order valence-corrected chi connectivity index (χ4v) is 2.13. The lowest BCUT2D eigenvalue weighted by Crippen LogP contribution is -2.33. The van der Waals surface area contributed by atoms with Crippen molar-refractivity contribution in [3.8, 4) is 0 Å². The predicted molar refractivity (Wildman–Crippen MR) is 52.6 cm³/mol. The van der Waals surface area contributed by atoms with Gasteiger partial charge in [-0.1, -0.05) is 26.7 Å². The fraction of sp³-hybridized carbons (Fsp3) is 0.909. The molecule has 0 N–H and O–H groups in total. The van der Waals surface area contributed by atoms with Crippen LogP contribution in [-0.2, 0) is 9.53 Å². The number of rotatable bonds is 4. The van der Waals surface area contributed by atoms with Gasteiger partial charge in [0.05, 0.1) is 0 Å². The Morgan fingerprint density at radius 3 is 2.23 bits per heavy atom. The topological polar surface area (TPSA) is 26.3 Å². The molecule has 0 amide bonds. The summed E-state index contributed by atoms with van der Waals surface area (Å²) in [4.78, 5) is 11.7. The number of carbonyl (C=O) groups excluding carboxylic acids is 1. The highest BCUT2D eigenvalue weighted by Gasteiger charge is 2.31. The highest BCUT2D eigenvalue weighted by molar-refractivity contribution is 5.85. The summed E-state index contributed by atoms with van der Waals surface area (Å²) in [6.07, 6.45) is 4.71. The second-order valence-electron chi connectivity index (χ2n) is 4.26. The molecule has 2 nitrogen and oxygen atoms in total. The van der Waals surface area contributed by atoms with Gasteiger partial charge in [-0.2, -0.15) is 0 Å². The lowest BCUT2D eigenvalue weighted by Gasteiger charge is -2.22. The third kappa shape index (κ3) is 2.53. The molecule has 0 bridgehead atoms. The molecule has 13 heavy (non-hydrogen) atoms. The van der Waals surface area contributed by atoms with Crippen LogP contribution in [0.4, 0.5) is 0 Å². The van der Waals surface area contributed by atoms with Crippen LogP contribution in [-0.4, -0.2) is 19.0 Å². The highest BCUT2D eigenvalue weighted by atomic mass is 16.5. The number of methoxy groups -OCH3 is 1. The van der Waals surface area contributed by atoms with Crippen molar-refractivity contribution in [1.29, 1.82) is 0 Å². The summed E-state index contributed by atoms with van der Waals surface area (Å²) in [5, 5.41) is 0. The molecule has 0 aromatic heterocycles. The van der Waals surface area contributed by atoms with E-state index in [9.17, 15) is 4.79 Å². The van der Waals surface area contributed by atoms with E-state index in [0.29, 0.717) is 5.92 Å². The molecule has 0 aliphatic heterocycles. The summed E-state index contributed by atoms with van der Waals surface area (Å²) in [6.45, 7) is 3.90. The second kappa shape index (κ2) is 4.75. The van der Waals surface area contributed by atoms with E-state index in [2.05, 4.69) is 0 Å². The fourth-order valence-electron chi connectivity index (χ4n) is 2.13. The van der Waals surface area contributed by atoms with Crippen molar-refractivity contribution in [2.75, 3.05) is 7.11 Å². The van der Waals surface area contributed by atoms with Crippen molar-refractivity contribution in [1.82, 2.24) is 0 Å². The molecule has 1 saturated carbocycles. The molecule has 1 aliphatic carbocycles. The smallest absolute Gasteiger partial charge is 0.164 e. The predicted octanol–water partition coefficient (Wildman–Crippen LogP) is 2.42. The Morgan fingerprint density at radius 1 is 1.31 bits per heavy atom. The van der Waals surface area contributed by atoms with Crippen molar-refractivity contribution in [2.24, 2.45) is 11.8 Å². The van der Waals surface area contributed by atoms with Crippen LogP contribution in [0.1, 0.15) is 39.5 Å². The Balaban J connectivity index is 2.55. The zero-order chi connectivity index (χ0) is 9.84. The van der Waals surface area contributed by atoms with Crippen molar-refractivity contribution in [3.63, 3.8) is 0 Å². The SMILES string of the molecule is COC(C(=O)C(C)C)C1CCCC1. The Morgan fingerprint density at radius 2 is 1.85 bits per heavy atom. The van der Waals surface area contributed by atoms with Gasteiger partial charge in [-0.3, -0.25) is 4.79 Å². The molecule has 0 aromatic rings. The van der Waals surface area contributed by atoms with Gasteiger partial charge >= 0.3 is 0 Å². The maximum absolute atomic E-state index is 11.7. The first-order valence-electron chi connectivity index (χ1n) is 5.23. The molecule has 0 saturated heterocycles. The molecule has 1 fully saturated rings. The average molecular weight is 184 g/mol. The van der Waals surface area contributed by atoms with Crippen molar-refractivity contribution in [3.05, 3.63) is 0 Å². The lowest BCUT2D eigenvalue weighted by molar-refractivity contribution is -0.135. The number of hydrogen-bond donors (Lipinski definition) is 0. The standard InChI is InChI=1S/C11H20O2/c1-8(2)10(12)11(13-3)9-6-4-5-7-9/h8-9,11H,4-7H2,1-3H3. The van der Waals surface area contributed by atoms with Crippen LogP contribution in [0.25, 0.3) is 0 Å². The number of carbonyl (C=O) groups is 1. The summed E-state index contributed by atoms with van der Waals surface area (Å²) in [5.41, 5.74) is 0. The molecule has 1 unspecified atom stereocenters. The van der Waals surface area contributed by atoms with E-state index in [1.54, 1.807) is 7.11 Å². The van der Waals surface area contributed by atoms with Crippen LogP contribution in [0, 0.1) is 11.8 Å². The molecule has 0 aromatic carbocycles. The molecule has 1 atom stereocenters. The Hall–Kier alpha value is -0.370.